The van der Waals surface area contributed by atoms with Crippen molar-refractivity contribution in [1.82, 2.24) is 4.57 Å². The number of nitriles is 1. The summed E-state index contributed by atoms with van der Waals surface area (Å²) >= 11 is 0. The Labute approximate surface area is 197 Å². The Hall–Kier alpha value is -3.19. The van der Waals surface area contributed by atoms with Crippen LogP contribution < -0.4 is 0 Å². The Bertz CT molecular complexity index is 1130. The maximum Gasteiger partial charge on any atom is 0.232 e. The third-order valence-corrected chi connectivity index (χ3v) is 5.61. The van der Waals surface area contributed by atoms with Crippen LogP contribution in [0.5, 0.6) is 0 Å². The third kappa shape index (κ3) is 6.42. The monoisotopic (exact) mass is 446 g/mol. The summed E-state index contributed by atoms with van der Waals surface area (Å²) < 4.78 is 15.9. The van der Waals surface area contributed by atoms with E-state index in [0.717, 1.165) is 34.1 Å². The number of carbonyl (C=O) groups excluding carboxylic acids is 1. The summed E-state index contributed by atoms with van der Waals surface area (Å²) in [5.41, 5.74) is 4.32. The Balaban J connectivity index is 0.00000187. The molecule has 0 saturated heterocycles. The summed E-state index contributed by atoms with van der Waals surface area (Å²) in [5, 5.41) is 9.88. The van der Waals surface area contributed by atoms with Gasteiger partial charge in [0.25, 0.3) is 0 Å². The first kappa shape index (κ1) is 26.1. The second kappa shape index (κ2) is 12.2. The molecule has 0 bridgehead atoms. The van der Waals surface area contributed by atoms with Crippen molar-refractivity contribution in [2.24, 2.45) is 11.8 Å². The summed E-state index contributed by atoms with van der Waals surface area (Å²) in [6.07, 6.45) is 5.45. The predicted octanol–water partition coefficient (Wildman–Crippen LogP) is 8.21. The van der Waals surface area contributed by atoms with Gasteiger partial charge in [-0.25, -0.2) is 4.39 Å². The van der Waals surface area contributed by atoms with Crippen LogP contribution in [0.15, 0.2) is 54.6 Å². The Morgan fingerprint density at radius 3 is 2.30 bits per heavy atom. The Kier molecular flexibility index (Phi) is 9.60. The van der Waals surface area contributed by atoms with E-state index in [-0.39, 0.29) is 29.5 Å². The number of hydrogen-bond donors (Lipinski definition) is 0. The molecule has 0 fully saturated rings. The molecule has 1 aromatic heterocycles. The number of fused-ring (bicyclic) bond motifs is 1. The van der Waals surface area contributed by atoms with Crippen molar-refractivity contribution in [2.75, 3.05) is 0 Å². The van der Waals surface area contributed by atoms with Gasteiger partial charge in [0.15, 0.2) is 0 Å². The lowest BCUT2D eigenvalue weighted by Gasteiger charge is -2.15. The topological polar surface area (TPSA) is 45.8 Å². The van der Waals surface area contributed by atoms with Crippen LogP contribution in [-0.4, -0.2) is 10.4 Å². The van der Waals surface area contributed by atoms with Crippen LogP contribution in [0, 0.1) is 29.0 Å². The second-order valence-electron chi connectivity index (χ2n) is 8.66. The molecule has 174 valence electrons. The van der Waals surface area contributed by atoms with Crippen molar-refractivity contribution in [3.05, 3.63) is 66.1 Å². The van der Waals surface area contributed by atoms with Gasteiger partial charge in [-0.3, -0.25) is 4.79 Å². The van der Waals surface area contributed by atoms with Gasteiger partial charge in [-0.15, -0.1) is 0 Å². The summed E-state index contributed by atoms with van der Waals surface area (Å²) in [5.74, 6) is -0.203. The highest BCUT2D eigenvalue weighted by Gasteiger charge is 2.19. The van der Waals surface area contributed by atoms with Gasteiger partial charge in [-0.1, -0.05) is 64.1 Å². The summed E-state index contributed by atoms with van der Waals surface area (Å²) in [6, 6.07) is 16.9. The number of halogens is 1. The first-order chi connectivity index (χ1) is 15.8. The molecule has 2 unspecified atom stereocenters. The fourth-order valence-corrected chi connectivity index (χ4v) is 4.34. The molecule has 0 spiro atoms. The molecule has 0 amide bonds. The molecule has 33 heavy (non-hydrogen) atoms. The largest absolute Gasteiger partial charge is 0.338 e. The highest BCUT2D eigenvalue weighted by molar-refractivity contribution is 6.01. The van der Waals surface area contributed by atoms with E-state index >= 15 is 0 Å². The van der Waals surface area contributed by atoms with Gasteiger partial charge in [0.2, 0.25) is 5.78 Å². The lowest BCUT2D eigenvalue weighted by atomic mass is 9.92. The van der Waals surface area contributed by atoms with Crippen molar-refractivity contribution in [2.45, 2.75) is 60.4 Å². The van der Waals surface area contributed by atoms with E-state index in [1.165, 1.54) is 12.1 Å². The first-order valence-electron chi connectivity index (χ1n) is 11.8. The molecule has 4 heteroatoms. The van der Waals surface area contributed by atoms with Crippen LogP contribution >= 0.6 is 0 Å². The van der Waals surface area contributed by atoms with E-state index < -0.39 is 0 Å². The average molecular weight is 447 g/mol. The van der Waals surface area contributed by atoms with Gasteiger partial charge >= 0.3 is 0 Å². The van der Waals surface area contributed by atoms with Crippen molar-refractivity contribution < 1.29 is 9.18 Å². The van der Waals surface area contributed by atoms with Crippen LogP contribution in [0.4, 0.5) is 4.39 Å². The van der Waals surface area contributed by atoms with Crippen molar-refractivity contribution >= 4 is 22.8 Å². The molecule has 3 aromatic rings. The minimum atomic E-state index is -0.359. The number of carbonyl (C=O) groups is 1. The van der Waals surface area contributed by atoms with Gasteiger partial charge in [0.05, 0.1) is 0 Å². The van der Waals surface area contributed by atoms with Gasteiger partial charge < -0.3 is 4.57 Å². The summed E-state index contributed by atoms with van der Waals surface area (Å²) in [7, 11) is 0. The van der Waals surface area contributed by atoms with Gasteiger partial charge in [0.1, 0.15) is 11.9 Å². The number of rotatable bonds is 8. The number of nitrogens with zero attached hydrogens (tertiary/aromatic N) is 2. The molecule has 1 heterocycles. The molecule has 0 aliphatic heterocycles. The molecule has 2 aromatic carbocycles. The highest BCUT2D eigenvalue weighted by atomic mass is 19.1. The lowest BCUT2D eigenvalue weighted by Crippen LogP contribution is -2.07. The number of hydrogen-bond acceptors (Lipinski definition) is 2. The van der Waals surface area contributed by atoms with E-state index in [9.17, 15) is 9.18 Å². The Morgan fingerprint density at radius 1 is 1.06 bits per heavy atom. The number of para-hydroxylation sites is 1. The third-order valence-electron chi connectivity index (χ3n) is 5.61. The van der Waals surface area contributed by atoms with Crippen LogP contribution in [0.1, 0.15) is 66.1 Å². The summed E-state index contributed by atoms with van der Waals surface area (Å²) in [6.45, 7) is 12.5. The minimum Gasteiger partial charge on any atom is -0.338 e. The van der Waals surface area contributed by atoms with Crippen LogP contribution in [0.2, 0.25) is 0 Å². The maximum absolute atomic E-state index is 13.6. The zero-order valence-corrected chi connectivity index (χ0v) is 20.6. The van der Waals surface area contributed by atoms with Crippen molar-refractivity contribution in [1.29, 1.82) is 5.26 Å². The van der Waals surface area contributed by atoms with Gasteiger partial charge in [0, 0.05) is 34.6 Å². The van der Waals surface area contributed by atoms with E-state index in [1.54, 1.807) is 6.07 Å². The van der Waals surface area contributed by atoms with Crippen molar-refractivity contribution in [3.8, 4) is 17.2 Å². The zero-order valence-electron chi connectivity index (χ0n) is 20.6. The molecule has 0 N–H and O–H groups in total. The van der Waals surface area contributed by atoms with Crippen LogP contribution in [0.25, 0.3) is 28.1 Å². The van der Waals surface area contributed by atoms with Crippen molar-refractivity contribution in [3.63, 3.8) is 0 Å². The van der Waals surface area contributed by atoms with Gasteiger partial charge in [-0.2, -0.15) is 5.26 Å². The first-order valence-corrected chi connectivity index (χ1v) is 11.8. The number of Topliss-reactive ketones (excluding diaryl/α,β-unsaturated/α-hetero) is 1. The number of allylic oxidation sites excluding steroid dienone is 1. The standard InChI is InChI=1S/C27H29FN2O.C2H6/c1-18(2)30-25-8-6-5-7-24(25)27(21-10-12-22(28)13-11-21)26(30)14-9-19(3)15-20(4)16-23(31)17-29;1-2/h5-14,18-20H,15-16H2,1-4H3;1-2H3/b14-9+;. The quantitative estimate of drug-likeness (QED) is 0.327. The fourth-order valence-electron chi connectivity index (χ4n) is 4.34. The minimum absolute atomic E-state index is 0.152. The van der Waals surface area contributed by atoms with E-state index in [4.69, 9.17) is 5.26 Å². The molecule has 0 radical (unpaired) electrons. The molecule has 0 saturated carbocycles. The van der Waals surface area contributed by atoms with E-state index in [0.29, 0.717) is 6.42 Å². The average Bonchev–Trinajstić information content (AvgIpc) is 3.13. The zero-order chi connectivity index (χ0) is 24.5. The molecular weight excluding hydrogens is 411 g/mol. The molecule has 0 aliphatic carbocycles. The maximum atomic E-state index is 13.6. The number of ketones is 1. The molecule has 3 nitrogen and oxygen atoms in total. The SMILES string of the molecule is CC.CC(/C=C/c1c(-c2ccc(F)cc2)c2ccccc2n1C(C)C)CC(C)CC(=O)C#N. The fraction of sp³-hybridized carbons (Fsp3) is 0.379. The normalized spacial score (nSPS) is 12.9. The van der Waals surface area contributed by atoms with E-state index in [2.05, 4.69) is 49.6 Å². The number of benzene rings is 2. The van der Waals surface area contributed by atoms with Gasteiger partial charge in [-0.05, 0) is 61.9 Å². The molecule has 2 atom stereocenters. The second-order valence-corrected chi connectivity index (χ2v) is 8.66. The van der Waals surface area contributed by atoms with Crippen LogP contribution in [-0.2, 0) is 4.79 Å². The number of aromatic nitrogens is 1. The summed E-state index contributed by atoms with van der Waals surface area (Å²) in [4.78, 5) is 11.4. The molecule has 0 aliphatic rings. The predicted molar refractivity (Wildman–Crippen MR) is 136 cm³/mol. The van der Waals surface area contributed by atoms with E-state index in [1.807, 2.05) is 45.0 Å². The lowest BCUT2D eigenvalue weighted by molar-refractivity contribution is -0.114. The highest BCUT2D eigenvalue weighted by Crippen LogP contribution is 2.38. The smallest absolute Gasteiger partial charge is 0.232 e. The Morgan fingerprint density at radius 2 is 1.70 bits per heavy atom. The molecular formula is C29H35FN2O. The van der Waals surface area contributed by atoms with Crippen LogP contribution in [0.3, 0.4) is 0 Å². The molecule has 3 rings (SSSR count).